The van der Waals surface area contributed by atoms with E-state index in [9.17, 15) is 14.3 Å². The Balaban J connectivity index is 1.87. The molecule has 7 nitrogen and oxygen atoms in total. The normalized spacial score (nSPS) is 12.0. The van der Waals surface area contributed by atoms with Gasteiger partial charge in [0.15, 0.2) is 5.82 Å². The topological polar surface area (TPSA) is 106 Å². The number of rotatable bonds is 10. The van der Waals surface area contributed by atoms with Gasteiger partial charge in [0.2, 0.25) is 11.8 Å². The molecule has 0 spiro atoms. The molecule has 9 heteroatoms. The molecule has 0 aliphatic rings. The van der Waals surface area contributed by atoms with E-state index in [2.05, 4.69) is 15.0 Å². The molecule has 0 unspecified atom stereocenters. The molecule has 0 aliphatic carbocycles. The summed E-state index contributed by atoms with van der Waals surface area (Å²) < 4.78 is 30.8. The SMILES string of the molecule is CCc1cccc(CC)c1-n1c(C(N)=CC=NCC(C)C)nc(O)c(Cc2ccc(-c3ccnc(F)c3C)c(F)c2)c1=O. The standard InChI is InChI=1S/C34H37F2N5O2/c1-6-23-9-8-10-24(7-2)30(23)41-32(29(37)14-15-38-19-20(3)4)40-33(42)27(34(41)43)17-22-11-12-26(28(35)18-22)25-13-16-39-31(36)21(25)5/h8-16,18,20,42H,6-7,17,19,37H2,1-5H3. The summed E-state index contributed by atoms with van der Waals surface area (Å²) >= 11 is 0. The van der Waals surface area contributed by atoms with E-state index in [0.717, 1.165) is 11.1 Å². The Morgan fingerprint density at radius 3 is 2.42 bits per heavy atom. The number of para-hydroxylation sites is 1. The summed E-state index contributed by atoms with van der Waals surface area (Å²) in [5.41, 5.74) is 9.84. The van der Waals surface area contributed by atoms with Gasteiger partial charge in [-0.1, -0.05) is 58.0 Å². The molecule has 0 amide bonds. The third-order valence-electron chi connectivity index (χ3n) is 7.28. The van der Waals surface area contributed by atoms with Crippen molar-refractivity contribution in [3.63, 3.8) is 0 Å². The minimum Gasteiger partial charge on any atom is -0.493 e. The highest BCUT2D eigenvalue weighted by Gasteiger charge is 2.23. The van der Waals surface area contributed by atoms with E-state index in [-0.39, 0.29) is 34.6 Å². The van der Waals surface area contributed by atoms with Crippen LogP contribution in [0.4, 0.5) is 8.78 Å². The summed E-state index contributed by atoms with van der Waals surface area (Å²) in [5.74, 6) is -1.29. The minimum atomic E-state index is -0.670. The number of nitrogens with zero attached hydrogens (tertiary/aromatic N) is 4. The smallest absolute Gasteiger partial charge is 0.265 e. The first-order valence-electron chi connectivity index (χ1n) is 14.4. The average Bonchev–Trinajstić information content (AvgIpc) is 2.98. The summed E-state index contributed by atoms with van der Waals surface area (Å²) in [6.45, 7) is 10.2. The molecule has 0 saturated carbocycles. The third kappa shape index (κ3) is 6.71. The number of allylic oxidation sites excluding steroid dienone is 1. The van der Waals surface area contributed by atoms with E-state index >= 15 is 4.39 Å². The van der Waals surface area contributed by atoms with Crippen LogP contribution < -0.4 is 11.3 Å². The maximum Gasteiger partial charge on any atom is 0.265 e. The minimum absolute atomic E-state index is 0.00345. The van der Waals surface area contributed by atoms with E-state index in [0.29, 0.717) is 42.1 Å². The Bertz CT molecular complexity index is 1740. The van der Waals surface area contributed by atoms with Crippen molar-refractivity contribution in [3.05, 3.63) is 110 Å². The van der Waals surface area contributed by atoms with E-state index in [1.807, 2.05) is 45.9 Å². The fraction of sp³-hybridized carbons (Fsp3) is 0.294. The van der Waals surface area contributed by atoms with Crippen molar-refractivity contribution in [2.24, 2.45) is 16.6 Å². The number of hydrogen-bond acceptors (Lipinski definition) is 6. The average molecular weight is 586 g/mol. The van der Waals surface area contributed by atoms with Gasteiger partial charge in [0.25, 0.3) is 5.56 Å². The third-order valence-corrected chi connectivity index (χ3v) is 7.28. The van der Waals surface area contributed by atoms with Crippen LogP contribution in [0.2, 0.25) is 0 Å². The molecule has 4 aromatic rings. The zero-order chi connectivity index (χ0) is 31.3. The number of halogens is 2. The Kier molecular flexibility index (Phi) is 9.85. The summed E-state index contributed by atoms with van der Waals surface area (Å²) in [6.07, 6.45) is 5.63. The van der Waals surface area contributed by atoms with Crippen LogP contribution in [-0.2, 0) is 19.3 Å². The number of aromatic nitrogens is 3. The van der Waals surface area contributed by atoms with Crippen LogP contribution in [0.5, 0.6) is 5.88 Å². The van der Waals surface area contributed by atoms with Crippen molar-refractivity contribution in [3.8, 4) is 22.7 Å². The number of aromatic hydroxyl groups is 1. The maximum absolute atomic E-state index is 15.3. The monoisotopic (exact) mass is 585 g/mol. The Hall–Kier alpha value is -4.66. The molecule has 0 atom stereocenters. The van der Waals surface area contributed by atoms with Gasteiger partial charge in [-0.2, -0.15) is 9.37 Å². The van der Waals surface area contributed by atoms with Crippen molar-refractivity contribution in [2.75, 3.05) is 6.54 Å². The van der Waals surface area contributed by atoms with Crippen LogP contribution in [0.25, 0.3) is 22.5 Å². The Morgan fingerprint density at radius 2 is 1.79 bits per heavy atom. The van der Waals surface area contributed by atoms with Crippen LogP contribution in [0, 0.1) is 24.6 Å². The van der Waals surface area contributed by atoms with Gasteiger partial charge in [-0.15, -0.1) is 0 Å². The molecule has 43 heavy (non-hydrogen) atoms. The molecule has 224 valence electrons. The molecular formula is C34H37F2N5O2. The maximum atomic E-state index is 15.3. The number of hydrogen-bond donors (Lipinski definition) is 2. The molecule has 2 aromatic heterocycles. The van der Waals surface area contributed by atoms with Gasteiger partial charge >= 0.3 is 0 Å². The first kappa shape index (κ1) is 31.3. The second kappa shape index (κ2) is 13.5. The quantitative estimate of drug-likeness (QED) is 0.167. The number of aryl methyl sites for hydroxylation is 2. The Labute approximate surface area is 250 Å². The van der Waals surface area contributed by atoms with Crippen LogP contribution in [0.15, 0.2) is 64.5 Å². The van der Waals surface area contributed by atoms with Crippen molar-refractivity contribution in [1.82, 2.24) is 14.5 Å². The second-order valence-corrected chi connectivity index (χ2v) is 10.8. The lowest BCUT2D eigenvalue weighted by atomic mass is 9.98. The highest BCUT2D eigenvalue weighted by molar-refractivity contribution is 5.82. The molecule has 0 saturated heterocycles. The van der Waals surface area contributed by atoms with E-state index < -0.39 is 23.2 Å². The Morgan fingerprint density at radius 1 is 1.09 bits per heavy atom. The predicted molar refractivity (Wildman–Crippen MR) is 168 cm³/mol. The van der Waals surface area contributed by atoms with Crippen molar-refractivity contribution < 1.29 is 13.9 Å². The molecular weight excluding hydrogens is 548 g/mol. The lowest BCUT2D eigenvalue weighted by Crippen LogP contribution is -2.29. The summed E-state index contributed by atoms with van der Waals surface area (Å²) in [7, 11) is 0. The van der Waals surface area contributed by atoms with Gasteiger partial charge in [0.05, 0.1) is 16.9 Å². The number of aliphatic imine (C=N–C) groups is 1. The van der Waals surface area contributed by atoms with E-state index in [1.165, 1.54) is 29.8 Å². The first-order chi connectivity index (χ1) is 20.6. The van der Waals surface area contributed by atoms with E-state index in [4.69, 9.17) is 5.73 Å². The molecule has 0 fully saturated rings. The first-order valence-corrected chi connectivity index (χ1v) is 14.4. The molecule has 2 aromatic carbocycles. The van der Waals surface area contributed by atoms with Gasteiger partial charge in [0.1, 0.15) is 5.82 Å². The fourth-order valence-corrected chi connectivity index (χ4v) is 4.97. The van der Waals surface area contributed by atoms with Crippen molar-refractivity contribution in [2.45, 2.75) is 53.9 Å². The number of pyridine rings is 1. The summed E-state index contributed by atoms with van der Waals surface area (Å²) in [4.78, 5) is 26.6. The van der Waals surface area contributed by atoms with E-state index in [1.54, 1.807) is 24.4 Å². The van der Waals surface area contributed by atoms with Crippen LogP contribution >= 0.6 is 0 Å². The second-order valence-electron chi connectivity index (χ2n) is 10.8. The van der Waals surface area contributed by atoms with Gasteiger partial charge in [-0.3, -0.25) is 14.4 Å². The number of benzene rings is 2. The molecule has 0 bridgehead atoms. The van der Waals surface area contributed by atoms with Crippen molar-refractivity contribution in [1.29, 1.82) is 0 Å². The van der Waals surface area contributed by atoms with Gasteiger partial charge in [-0.25, -0.2) is 9.37 Å². The predicted octanol–water partition coefficient (Wildman–Crippen LogP) is 6.33. The van der Waals surface area contributed by atoms with Gasteiger partial charge in [-0.05, 0) is 66.1 Å². The highest BCUT2D eigenvalue weighted by Crippen LogP contribution is 2.29. The molecule has 0 aliphatic heterocycles. The molecule has 0 radical (unpaired) electrons. The van der Waals surface area contributed by atoms with Crippen LogP contribution in [-0.4, -0.2) is 32.4 Å². The van der Waals surface area contributed by atoms with Gasteiger partial charge in [0, 0.05) is 36.5 Å². The van der Waals surface area contributed by atoms with Crippen LogP contribution in [0.3, 0.4) is 0 Å². The van der Waals surface area contributed by atoms with Gasteiger partial charge < -0.3 is 10.8 Å². The molecule has 3 N–H and O–H groups in total. The van der Waals surface area contributed by atoms with Crippen LogP contribution in [0.1, 0.15) is 61.3 Å². The highest BCUT2D eigenvalue weighted by atomic mass is 19.1. The zero-order valence-electron chi connectivity index (χ0n) is 25.2. The molecule has 4 rings (SSSR count). The molecule has 2 heterocycles. The zero-order valence-corrected chi connectivity index (χ0v) is 25.2. The largest absolute Gasteiger partial charge is 0.493 e. The lowest BCUT2D eigenvalue weighted by Gasteiger charge is -2.20. The fourth-order valence-electron chi connectivity index (χ4n) is 4.97. The summed E-state index contributed by atoms with van der Waals surface area (Å²) in [5, 5.41) is 11.0. The van der Waals surface area contributed by atoms with Crippen molar-refractivity contribution >= 4 is 11.9 Å². The lowest BCUT2D eigenvalue weighted by molar-refractivity contribution is 0.441. The number of nitrogens with two attached hydrogens (primary N) is 1. The summed E-state index contributed by atoms with van der Waals surface area (Å²) in [6, 6.07) is 11.8.